The number of hydrogen-bond acceptors (Lipinski definition) is 5. The number of aryl methyl sites for hydroxylation is 1. The molecule has 1 aromatic heterocycles. The van der Waals surface area contributed by atoms with Crippen molar-refractivity contribution in [1.29, 1.82) is 0 Å². The van der Waals surface area contributed by atoms with E-state index in [2.05, 4.69) is 10.2 Å². The maximum atomic E-state index is 6.02. The Morgan fingerprint density at radius 3 is 2.68 bits per heavy atom. The Balaban J connectivity index is 2.07. The second-order valence-corrected chi connectivity index (χ2v) is 5.15. The molecule has 0 unspecified atom stereocenters. The van der Waals surface area contributed by atoms with E-state index in [-0.39, 0.29) is 0 Å². The summed E-state index contributed by atoms with van der Waals surface area (Å²) < 4.78 is 6.81. The van der Waals surface area contributed by atoms with Gasteiger partial charge in [-0.15, -0.1) is 10.2 Å². The van der Waals surface area contributed by atoms with E-state index in [0.29, 0.717) is 17.6 Å². The van der Waals surface area contributed by atoms with Crippen molar-refractivity contribution in [2.24, 2.45) is 0 Å². The number of thioether (sulfide) groups is 1. The molecular weight excluding hydrogens is 260 g/mol. The third-order valence-corrected chi connectivity index (χ3v) is 3.54. The molecule has 6 heteroatoms. The van der Waals surface area contributed by atoms with Gasteiger partial charge in [-0.3, -0.25) is 0 Å². The Morgan fingerprint density at radius 1 is 1.26 bits per heavy atom. The van der Waals surface area contributed by atoms with E-state index >= 15 is 0 Å². The number of aromatic nitrogens is 3. The second kappa shape index (κ2) is 6.58. The average molecular weight is 278 g/mol. The van der Waals surface area contributed by atoms with Crippen molar-refractivity contribution in [3.8, 4) is 11.4 Å². The van der Waals surface area contributed by atoms with E-state index in [4.69, 9.17) is 10.6 Å². The van der Waals surface area contributed by atoms with Crippen LogP contribution in [0.2, 0.25) is 0 Å². The van der Waals surface area contributed by atoms with Crippen molar-refractivity contribution in [1.82, 2.24) is 14.9 Å². The van der Waals surface area contributed by atoms with E-state index in [9.17, 15) is 0 Å². The first-order valence-corrected chi connectivity index (χ1v) is 7.19. The van der Waals surface area contributed by atoms with Gasteiger partial charge in [0.2, 0.25) is 5.16 Å². The molecule has 2 aromatic rings. The molecule has 0 fully saturated rings. The molecule has 1 heterocycles. The number of nitrogen functional groups attached to an aromatic ring is 1. The molecule has 0 atom stereocenters. The minimum atomic E-state index is 0.680. The monoisotopic (exact) mass is 278 g/mol. The summed E-state index contributed by atoms with van der Waals surface area (Å²) in [6.07, 6.45) is 0. The zero-order chi connectivity index (χ0) is 13.7. The highest BCUT2D eigenvalue weighted by Crippen LogP contribution is 2.21. The number of ether oxygens (including phenoxy) is 1. The van der Waals surface area contributed by atoms with Gasteiger partial charge in [-0.2, -0.15) is 0 Å². The molecule has 1 aromatic carbocycles. The molecule has 102 valence electrons. The molecule has 0 bridgehead atoms. The third kappa shape index (κ3) is 3.48. The van der Waals surface area contributed by atoms with Gasteiger partial charge in [-0.25, -0.2) is 4.68 Å². The van der Waals surface area contributed by atoms with Crippen LogP contribution in [0, 0.1) is 6.92 Å². The summed E-state index contributed by atoms with van der Waals surface area (Å²) in [5, 5.41) is 8.95. The van der Waals surface area contributed by atoms with Crippen LogP contribution in [-0.2, 0) is 4.74 Å². The lowest BCUT2D eigenvalue weighted by molar-refractivity contribution is 0.164. The van der Waals surface area contributed by atoms with Crippen LogP contribution in [-0.4, -0.2) is 33.8 Å². The van der Waals surface area contributed by atoms with Crippen molar-refractivity contribution in [3.05, 3.63) is 29.8 Å². The van der Waals surface area contributed by atoms with Crippen molar-refractivity contribution >= 4 is 11.8 Å². The summed E-state index contributed by atoms with van der Waals surface area (Å²) in [6, 6.07) is 8.06. The Bertz CT molecular complexity index is 524. The first kappa shape index (κ1) is 13.9. The predicted octanol–water partition coefficient (Wildman–Crippen LogP) is 2.10. The molecule has 0 amide bonds. The normalized spacial score (nSPS) is 10.8. The van der Waals surface area contributed by atoms with E-state index in [1.165, 1.54) is 10.2 Å². The zero-order valence-electron chi connectivity index (χ0n) is 11.2. The van der Waals surface area contributed by atoms with Crippen molar-refractivity contribution in [3.63, 3.8) is 0 Å². The van der Waals surface area contributed by atoms with Gasteiger partial charge in [-0.1, -0.05) is 41.6 Å². The Hall–Kier alpha value is -1.53. The SMILES string of the molecule is CCOCCSc1nnc(-c2ccc(C)cc2)n1N. The first-order chi connectivity index (χ1) is 9.22. The Labute approximate surface area is 117 Å². The molecule has 0 radical (unpaired) electrons. The van der Waals surface area contributed by atoms with Crippen LogP contribution in [0.15, 0.2) is 29.4 Å². The van der Waals surface area contributed by atoms with Crippen LogP contribution >= 0.6 is 11.8 Å². The lowest BCUT2D eigenvalue weighted by atomic mass is 10.1. The van der Waals surface area contributed by atoms with Gasteiger partial charge in [0.05, 0.1) is 6.61 Å². The molecule has 0 aliphatic carbocycles. The van der Waals surface area contributed by atoms with Crippen molar-refractivity contribution < 1.29 is 4.74 Å². The fraction of sp³-hybridized carbons (Fsp3) is 0.385. The smallest absolute Gasteiger partial charge is 0.210 e. The highest BCUT2D eigenvalue weighted by molar-refractivity contribution is 7.99. The largest absolute Gasteiger partial charge is 0.381 e. The summed E-state index contributed by atoms with van der Waals surface area (Å²) in [4.78, 5) is 0. The minimum Gasteiger partial charge on any atom is -0.381 e. The highest BCUT2D eigenvalue weighted by Gasteiger charge is 2.11. The van der Waals surface area contributed by atoms with E-state index in [0.717, 1.165) is 17.9 Å². The molecule has 0 aliphatic rings. The lowest BCUT2D eigenvalue weighted by Gasteiger charge is -2.04. The van der Waals surface area contributed by atoms with Crippen molar-refractivity contribution in [2.75, 3.05) is 24.8 Å². The van der Waals surface area contributed by atoms with Crippen molar-refractivity contribution in [2.45, 2.75) is 19.0 Å². The summed E-state index contributed by atoms with van der Waals surface area (Å²) in [6.45, 7) is 5.44. The van der Waals surface area contributed by atoms with Crippen LogP contribution in [0.3, 0.4) is 0 Å². The van der Waals surface area contributed by atoms with E-state index in [1.54, 1.807) is 11.8 Å². The van der Waals surface area contributed by atoms with Crippen LogP contribution < -0.4 is 5.84 Å². The number of benzene rings is 1. The molecule has 5 nitrogen and oxygen atoms in total. The molecule has 2 rings (SSSR count). The van der Waals surface area contributed by atoms with Crippen LogP contribution in [0.5, 0.6) is 0 Å². The molecule has 19 heavy (non-hydrogen) atoms. The predicted molar refractivity (Wildman–Crippen MR) is 77.6 cm³/mol. The molecule has 0 saturated heterocycles. The summed E-state index contributed by atoms with van der Waals surface area (Å²) in [7, 11) is 0. The maximum Gasteiger partial charge on any atom is 0.210 e. The summed E-state index contributed by atoms with van der Waals surface area (Å²) in [5.74, 6) is 7.51. The highest BCUT2D eigenvalue weighted by atomic mass is 32.2. The maximum absolute atomic E-state index is 6.02. The first-order valence-electron chi connectivity index (χ1n) is 6.20. The summed E-state index contributed by atoms with van der Waals surface area (Å²) in [5.41, 5.74) is 2.18. The van der Waals surface area contributed by atoms with Crippen LogP contribution in [0.25, 0.3) is 11.4 Å². The molecule has 0 aliphatic heterocycles. The second-order valence-electron chi connectivity index (χ2n) is 4.09. The number of hydrogen-bond donors (Lipinski definition) is 1. The van der Waals surface area contributed by atoms with E-state index < -0.39 is 0 Å². The van der Waals surface area contributed by atoms with Gasteiger partial charge in [-0.05, 0) is 13.8 Å². The number of rotatable bonds is 6. The Kier molecular flexibility index (Phi) is 4.81. The van der Waals surface area contributed by atoms with Crippen LogP contribution in [0.4, 0.5) is 0 Å². The Morgan fingerprint density at radius 2 is 2.00 bits per heavy atom. The van der Waals surface area contributed by atoms with Gasteiger partial charge in [0.15, 0.2) is 5.82 Å². The van der Waals surface area contributed by atoms with Gasteiger partial charge < -0.3 is 10.6 Å². The van der Waals surface area contributed by atoms with Gasteiger partial charge in [0, 0.05) is 17.9 Å². The minimum absolute atomic E-state index is 0.680. The quantitative estimate of drug-likeness (QED) is 0.498. The lowest BCUT2D eigenvalue weighted by Crippen LogP contribution is -2.12. The molecular formula is C13H18N4OS. The zero-order valence-corrected chi connectivity index (χ0v) is 12.0. The number of nitrogens with two attached hydrogens (primary N) is 1. The average Bonchev–Trinajstić information content (AvgIpc) is 2.77. The van der Waals surface area contributed by atoms with Gasteiger partial charge in [0.25, 0.3) is 0 Å². The molecule has 0 spiro atoms. The fourth-order valence-corrected chi connectivity index (χ4v) is 2.32. The molecule has 2 N–H and O–H groups in total. The van der Waals surface area contributed by atoms with Crippen LogP contribution in [0.1, 0.15) is 12.5 Å². The van der Waals surface area contributed by atoms with Gasteiger partial charge in [0.1, 0.15) is 0 Å². The third-order valence-electron chi connectivity index (χ3n) is 2.64. The van der Waals surface area contributed by atoms with Gasteiger partial charge >= 0.3 is 0 Å². The standard InChI is InChI=1S/C13H18N4OS/c1-3-18-8-9-19-13-16-15-12(17(13)14)11-6-4-10(2)5-7-11/h4-7H,3,8-9,14H2,1-2H3. The van der Waals surface area contributed by atoms with E-state index in [1.807, 2.05) is 38.1 Å². The molecule has 0 saturated carbocycles. The topological polar surface area (TPSA) is 66.0 Å². The number of nitrogens with zero attached hydrogens (tertiary/aromatic N) is 3. The fourth-order valence-electron chi connectivity index (χ4n) is 1.61. The summed E-state index contributed by atoms with van der Waals surface area (Å²) >= 11 is 1.54.